The highest BCUT2D eigenvalue weighted by Gasteiger charge is 2.13. The second-order valence-electron chi connectivity index (χ2n) is 6.79. The lowest BCUT2D eigenvalue weighted by atomic mass is 9.87. The van der Waals surface area contributed by atoms with E-state index in [2.05, 4.69) is 38.2 Å². The molecule has 1 rings (SSSR count). The molecule has 0 heterocycles. The van der Waals surface area contributed by atoms with E-state index in [1.807, 2.05) is 12.1 Å². The minimum absolute atomic E-state index is 0.0671. The van der Waals surface area contributed by atoms with Crippen LogP contribution in [0.2, 0.25) is 0 Å². The molecule has 0 aliphatic rings. The number of carboxylic acids is 1. The number of nitrogens with one attached hydrogen (secondary N) is 1. The molecule has 1 atom stereocenters. The molecule has 0 saturated heterocycles. The molecule has 5 heteroatoms. The van der Waals surface area contributed by atoms with Gasteiger partial charge in [0.05, 0.1) is 13.0 Å². The number of carbonyl (C=O) groups is 2. The van der Waals surface area contributed by atoms with E-state index >= 15 is 0 Å². The summed E-state index contributed by atoms with van der Waals surface area (Å²) < 4.78 is 5.62. The number of carbonyl (C=O) groups excluding carboxylic acids is 1. The van der Waals surface area contributed by atoms with Crippen LogP contribution in [0.5, 0.6) is 5.75 Å². The zero-order valence-corrected chi connectivity index (χ0v) is 14.4. The first-order chi connectivity index (χ1) is 10.7. The summed E-state index contributed by atoms with van der Waals surface area (Å²) in [6.45, 7) is 8.61. The number of carboxylic acid groups (broad SMARTS) is 1. The number of hydrogen-bond acceptors (Lipinski definition) is 3. The van der Waals surface area contributed by atoms with E-state index in [0.29, 0.717) is 19.4 Å². The van der Waals surface area contributed by atoms with Gasteiger partial charge in [-0.3, -0.25) is 9.59 Å². The zero-order valence-electron chi connectivity index (χ0n) is 14.4. The van der Waals surface area contributed by atoms with Gasteiger partial charge < -0.3 is 15.2 Å². The van der Waals surface area contributed by atoms with Crippen LogP contribution in [0.15, 0.2) is 24.3 Å². The molecule has 0 aromatic heterocycles. The summed E-state index contributed by atoms with van der Waals surface area (Å²) >= 11 is 0. The highest BCUT2D eigenvalue weighted by atomic mass is 16.5. The van der Waals surface area contributed by atoms with Crippen LogP contribution in [0.4, 0.5) is 0 Å². The molecule has 0 aliphatic carbocycles. The normalized spacial score (nSPS) is 12.5. The largest absolute Gasteiger partial charge is 0.494 e. The summed E-state index contributed by atoms with van der Waals surface area (Å²) in [5.41, 5.74) is 1.36. The fraction of sp³-hybridized carbons (Fsp3) is 0.556. The van der Waals surface area contributed by atoms with Crippen LogP contribution in [0.1, 0.15) is 52.5 Å². The standard InChI is InChI=1S/C18H27NO4/c1-13(12-17(21)22)19-16(20)6-5-11-23-15-9-7-14(8-10-15)18(2,3)4/h7-10,13H,5-6,11-12H2,1-4H3,(H,19,20)(H,21,22). The van der Waals surface area contributed by atoms with Crippen LogP contribution < -0.4 is 10.1 Å². The number of amides is 1. The number of hydrogen-bond donors (Lipinski definition) is 2. The van der Waals surface area contributed by atoms with E-state index in [1.165, 1.54) is 5.56 Å². The average molecular weight is 321 g/mol. The van der Waals surface area contributed by atoms with E-state index < -0.39 is 5.97 Å². The molecule has 0 fully saturated rings. The minimum Gasteiger partial charge on any atom is -0.494 e. The molecular formula is C18H27NO4. The number of benzene rings is 1. The molecule has 1 aromatic rings. The Balaban J connectivity index is 2.27. The third-order valence-corrected chi connectivity index (χ3v) is 3.43. The van der Waals surface area contributed by atoms with Gasteiger partial charge in [0.25, 0.3) is 0 Å². The van der Waals surface area contributed by atoms with Gasteiger partial charge >= 0.3 is 5.97 Å². The summed E-state index contributed by atoms with van der Waals surface area (Å²) in [6.07, 6.45) is 0.846. The van der Waals surface area contributed by atoms with Gasteiger partial charge in [-0.2, -0.15) is 0 Å². The Labute approximate surface area is 138 Å². The highest BCUT2D eigenvalue weighted by Crippen LogP contribution is 2.24. The summed E-state index contributed by atoms with van der Waals surface area (Å²) in [7, 11) is 0. The van der Waals surface area contributed by atoms with E-state index in [4.69, 9.17) is 9.84 Å². The fourth-order valence-electron chi connectivity index (χ4n) is 2.13. The molecule has 0 spiro atoms. The van der Waals surface area contributed by atoms with Gasteiger partial charge in [-0.1, -0.05) is 32.9 Å². The minimum atomic E-state index is -0.917. The number of aliphatic carboxylic acids is 1. The summed E-state index contributed by atoms with van der Waals surface area (Å²) in [5, 5.41) is 11.3. The van der Waals surface area contributed by atoms with Gasteiger partial charge in [0.2, 0.25) is 5.91 Å². The van der Waals surface area contributed by atoms with E-state index in [1.54, 1.807) is 6.92 Å². The van der Waals surface area contributed by atoms with E-state index in [9.17, 15) is 9.59 Å². The van der Waals surface area contributed by atoms with Crippen LogP contribution >= 0.6 is 0 Å². The predicted octanol–water partition coefficient (Wildman–Crippen LogP) is 3.12. The van der Waals surface area contributed by atoms with Crippen LogP contribution in [-0.4, -0.2) is 29.6 Å². The van der Waals surface area contributed by atoms with Gasteiger partial charge in [-0.15, -0.1) is 0 Å². The molecule has 5 nitrogen and oxygen atoms in total. The Kier molecular flexibility index (Phi) is 7.07. The zero-order chi connectivity index (χ0) is 17.5. The van der Waals surface area contributed by atoms with Gasteiger partial charge in [0.1, 0.15) is 5.75 Å². The van der Waals surface area contributed by atoms with Crippen molar-refractivity contribution >= 4 is 11.9 Å². The third kappa shape index (κ3) is 7.68. The summed E-state index contributed by atoms with van der Waals surface area (Å²) in [6, 6.07) is 7.63. The van der Waals surface area contributed by atoms with Crippen molar-refractivity contribution < 1.29 is 19.4 Å². The smallest absolute Gasteiger partial charge is 0.305 e. The maximum absolute atomic E-state index is 11.6. The van der Waals surface area contributed by atoms with Crippen LogP contribution in [0.25, 0.3) is 0 Å². The number of rotatable bonds is 8. The second kappa shape index (κ2) is 8.56. The molecule has 1 aromatic carbocycles. The van der Waals surface area contributed by atoms with Crippen molar-refractivity contribution in [2.75, 3.05) is 6.61 Å². The first kappa shape index (κ1) is 19.0. The van der Waals surface area contributed by atoms with Gasteiger partial charge in [-0.25, -0.2) is 0 Å². The quantitative estimate of drug-likeness (QED) is 0.721. The number of ether oxygens (including phenoxy) is 1. The fourth-order valence-corrected chi connectivity index (χ4v) is 2.13. The SMILES string of the molecule is CC(CC(=O)O)NC(=O)CCCOc1ccc(C(C)(C)C)cc1. The maximum Gasteiger partial charge on any atom is 0.305 e. The van der Waals surface area contributed by atoms with Crippen molar-refractivity contribution in [1.29, 1.82) is 0 Å². The Morgan fingerprint density at radius 2 is 1.83 bits per heavy atom. The maximum atomic E-state index is 11.6. The Bertz CT molecular complexity index is 517. The Morgan fingerprint density at radius 1 is 1.22 bits per heavy atom. The lowest BCUT2D eigenvalue weighted by molar-refractivity contribution is -0.137. The van der Waals surface area contributed by atoms with Crippen molar-refractivity contribution in [3.8, 4) is 5.75 Å². The highest BCUT2D eigenvalue weighted by molar-refractivity contribution is 5.77. The van der Waals surface area contributed by atoms with Crippen molar-refractivity contribution in [1.82, 2.24) is 5.32 Å². The third-order valence-electron chi connectivity index (χ3n) is 3.43. The predicted molar refractivity (Wildman–Crippen MR) is 89.7 cm³/mol. The molecule has 1 amide bonds. The van der Waals surface area contributed by atoms with Crippen molar-refractivity contribution in [2.24, 2.45) is 0 Å². The molecule has 0 aliphatic heterocycles. The summed E-state index contributed by atoms with van der Waals surface area (Å²) in [5.74, 6) is -0.275. The van der Waals surface area contributed by atoms with Crippen molar-refractivity contribution in [2.45, 2.75) is 58.4 Å². The van der Waals surface area contributed by atoms with Crippen LogP contribution in [0, 0.1) is 0 Å². The van der Waals surface area contributed by atoms with E-state index in [-0.39, 0.29) is 23.8 Å². The van der Waals surface area contributed by atoms with Gasteiger partial charge in [0.15, 0.2) is 0 Å². The molecule has 0 radical (unpaired) electrons. The molecule has 128 valence electrons. The van der Waals surface area contributed by atoms with Gasteiger partial charge in [-0.05, 0) is 36.5 Å². The molecule has 1 unspecified atom stereocenters. The Hall–Kier alpha value is -2.04. The molecule has 0 saturated carbocycles. The average Bonchev–Trinajstić information content (AvgIpc) is 2.42. The van der Waals surface area contributed by atoms with E-state index in [0.717, 1.165) is 5.75 Å². The van der Waals surface area contributed by atoms with Gasteiger partial charge in [0, 0.05) is 12.5 Å². The monoisotopic (exact) mass is 321 g/mol. The lowest BCUT2D eigenvalue weighted by Crippen LogP contribution is -2.34. The van der Waals surface area contributed by atoms with Crippen molar-refractivity contribution in [3.05, 3.63) is 29.8 Å². The van der Waals surface area contributed by atoms with Crippen molar-refractivity contribution in [3.63, 3.8) is 0 Å². The second-order valence-corrected chi connectivity index (χ2v) is 6.79. The topological polar surface area (TPSA) is 75.6 Å². The Morgan fingerprint density at radius 3 is 2.35 bits per heavy atom. The molecular weight excluding hydrogens is 294 g/mol. The molecule has 2 N–H and O–H groups in total. The first-order valence-electron chi connectivity index (χ1n) is 7.93. The lowest BCUT2D eigenvalue weighted by Gasteiger charge is -2.19. The summed E-state index contributed by atoms with van der Waals surface area (Å²) in [4.78, 5) is 22.2. The van der Waals surface area contributed by atoms with Crippen LogP contribution in [0.3, 0.4) is 0 Å². The molecule has 23 heavy (non-hydrogen) atoms. The first-order valence-corrected chi connectivity index (χ1v) is 7.93. The molecule has 0 bridgehead atoms. The van der Waals surface area contributed by atoms with Crippen LogP contribution in [-0.2, 0) is 15.0 Å².